The lowest BCUT2D eigenvalue weighted by atomic mass is 9.88. The average molecular weight is 349 g/mol. The van der Waals surface area contributed by atoms with Gasteiger partial charge < -0.3 is 10.1 Å². The number of ether oxygens (including phenoxy) is 1. The van der Waals surface area contributed by atoms with Crippen molar-refractivity contribution in [2.75, 3.05) is 11.9 Å². The molecule has 1 aliphatic carbocycles. The highest BCUT2D eigenvalue weighted by Crippen LogP contribution is 2.40. The number of esters is 1. The molecule has 1 N–H and O–H groups in total. The number of carbonyl (C=O) groups excluding carboxylic acids is 2. The molecule has 6 heteroatoms. The van der Waals surface area contributed by atoms with E-state index in [9.17, 15) is 9.59 Å². The van der Waals surface area contributed by atoms with Crippen LogP contribution >= 0.6 is 22.7 Å². The summed E-state index contributed by atoms with van der Waals surface area (Å²) in [5.41, 5.74) is 1.62. The molecule has 4 nitrogen and oxygen atoms in total. The van der Waals surface area contributed by atoms with Crippen LogP contribution in [0.15, 0.2) is 17.5 Å². The predicted octanol–water partition coefficient (Wildman–Crippen LogP) is 4.36. The standard InChI is InChI=1S/C17H19NO3S2/c1-3-21-17(20)14-11-7-6-10(2)9-13(11)23-16(14)18-15(19)12-5-4-8-22-12/h4-5,8,10H,3,6-7,9H2,1-2H3,(H,18,19)/t10-/m0/s1. The Morgan fingerprint density at radius 1 is 1.43 bits per heavy atom. The monoisotopic (exact) mass is 349 g/mol. The van der Waals surface area contributed by atoms with Gasteiger partial charge in [-0.2, -0.15) is 0 Å². The number of thiophene rings is 2. The topological polar surface area (TPSA) is 55.4 Å². The Kier molecular flexibility index (Phi) is 4.82. The van der Waals surface area contributed by atoms with Crippen molar-refractivity contribution in [2.45, 2.75) is 33.1 Å². The van der Waals surface area contributed by atoms with Gasteiger partial charge in [-0.25, -0.2) is 4.79 Å². The summed E-state index contributed by atoms with van der Waals surface area (Å²) >= 11 is 2.90. The molecule has 23 heavy (non-hydrogen) atoms. The van der Waals surface area contributed by atoms with Crippen LogP contribution < -0.4 is 5.32 Å². The molecule has 122 valence electrons. The second-order valence-corrected chi connectivity index (χ2v) is 7.76. The van der Waals surface area contributed by atoms with Gasteiger partial charge in [0.05, 0.1) is 17.0 Å². The third-order valence-corrected chi connectivity index (χ3v) is 6.00. The molecular formula is C17H19NO3S2. The summed E-state index contributed by atoms with van der Waals surface area (Å²) in [7, 11) is 0. The van der Waals surface area contributed by atoms with Gasteiger partial charge in [-0.05, 0) is 49.1 Å². The number of nitrogens with one attached hydrogen (secondary N) is 1. The highest BCUT2D eigenvalue weighted by Gasteiger charge is 2.29. The van der Waals surface area contributed by atoms with Gasteiger partial charge in [0, 0.05) is 4.88 Å². The number of carbonyl (C=O) groups is 2. The smallest absolute Gasteiger partial charge is 0.341 e. The van der Waals surface area contributed by atoms with E-state index in [1.54, 1.807) is 13.0 Å². The molecule has 3 rings (SSSR count). The molecule has 0 saturated carbocycles. The molecule has 0 fully saturated rings. The minimum atomic E-state index is -0.332. The summed E-state index contributed by atoms with van der Waals surface area (Å²) in [5, 5.41) is 5.40. The number of hydrogen-bond donors (Lipinski definition) is 1. The largest absolute Gasteiger partial charge is 0.462 e. The maximum absolute atomic E-state index is 12.4. The van der Waals surface area contributed by atoms with Crippen LogP contribution in [0.5, 0.6) is 0 Å². The van der Waals surface area contributed by atoms with E-state index in [1.807, 2.05) is 11.4 Å². The first kappa shape index (κ1) is 16.2. The van der Waals surface area contributed by atoms with Crippen LogP contribution in [0.1, 0.15) is 50.7 Å². The van der Waals surface area contributed by atoms with Crippen LogP contribution in [0, 0.1) is 5.92 Å². The quantitative estimate of drug-likeness (QED) is 0.834. The molecule has 0 spiro atoms. The zero-order valence-corrected chi connectivity index (χ0v) is 14.8. The van der Waals surface area contributed by atoms with E-state index in [4.69, 9.17) is 4.74 Å². The minimum Gasteiger partial charge on any atom is -0.462 e. The summed E-state index contributed by atoms with van der Waals surface area (Å²) in [6, 6.07) is 3.62. The van der Waals surface area contributed by atoms with E-state index in [0.717, 1.165) is 24.8 Å². The van der Waals surface area contributed by atoms with Crippen LogP contribution in [0.25, 0.3) is 0 Å². The number of amides is 1. The number of hydrogen-bond acceptors (Lipinski definition) is 5. The lowest BCUT2D eigenvalue weighted by Crippen LogP contribution is -2.16. The maximum Gasteiger partial charge on any atom is 0.341 e. The SMILES string of the molecule is CCOC(=O)c1c(NC(=O)c2cccs2)sc2c1CC[C@H](C)C2. The van der Waals surface area contributed by atoms with Crippen molar-refractivity contribution in [2.24, 2.45) is 5.92 Å². The van der Waals surface area contributed by atoms with Crippen LogP contribution in [0.4, 0.5) is 5.00 Å². The Labute approximate surface area is 143 Å². The first-order valence-corrected chi connectivity index (χ1v) is 9.46. The summed E-state index contributed by atoms with van der Waals surface area (Å²) in [5.74, 6) is 0.107. The van der Waals surface area contributed by atoms with Crippen molar-refractivity contribution in [3.05, 3.63) is 38.4 Å². The Hall–Kier alpha value is -1.66. The van der Waals surface area contributed by atoms with Crippen LogP contribution in [-0.2, 0) is 17.6 Å². The molecular weight excluding hydrogens is 330 g/mol. The fourth-order valence-electron chi connectivity index (χ4n) is 2.83. The van der Waals surface area contributed by atoms with Crippen molar-refractivity contribution in [3.63, 3.8) is 0 Å². The van der Waals surface area contributed by atoms with Crippen molar-refractivity contribution in [1.29, 1.82) is 0 Å². The van der Waals surface area contributed by atoms with E-state index < -0.39 is 0 Å². The van der Waals surface area contributed by atoms with Crippen molar-refractivity contribution >= 4 is 39.6 Å². The van der Waals surface area contributed by atoms with E-state index in [2.05, 4.69) is 12.2 Å². The molecule has 1 atom stereocenters. The molecule has 0 unspecified atom stereocenters. The lowest BCUT2D eigenvalue weighted by molar-refractivity contribution is 0.0526. The fourth-order valence-corrected chi connectivity index (χ4v) is 4.84. The summed E-state index contributed by atoms with van der Waals surface area (Å²) in [4.78, 5) is 26.6. The van der Waals surface area contributed by atoms with E-state index in [1.165, 1.54) is 27.6 Å². The highest BCUT2D eigenvalue weighted by atomic mass is 32.1. The Bertz CT molecular complexity index is 719. The second-order valence-electron chi connectivity index (χ2n) is 5.71. The average Bonchev–Trinajstić information content (AvgIpc) is 3.14. The van der Waals surface area contributed by atoms with Gasteiger partial charge in [0.2, 0.25) is 0 Å². The normalized spacial score (nSPS) is 16.7. The number of anilines is 1. The highest BCUT2D eigenvalue weighted by molar-refractivity contribution is 7.17. The predicted molar refractivity (Wildman–Crippen MR) is 93.7 cm³/mol. The maximum atomic E-state index is 12.4. The molecule has 1 aliphatic rings. The Morgan fingerprint density at radius 3 is 2.96 bits per heavy atom. The number of fused-ring (bicyclic) bond motifs is 1. The molecule has 2 aromatic rings. The zero-order valence-electron chi connectivity index (χ0n) is 13.2. The van der Waals surface area contributed by atoms with Gasteiger partial charge >= 0.3 is 5.97 Å². The molecule has 2 aromatic heterocycles. The van der Waals surface area contributed by atoms with Gasteiger partial charge in [0.1, 0.15) is 5.00 Å². The third kappa shape index (κ3) is 3.33. The van der Waals surface area contributed by atoms with Gasteiger partial charge in [0.25, 0.3) is 5.91 Å². The molecule has 0 saturated heterocycles. The van der Waals surface area contributed by atoms with Crippen LogP contribution in [0.2, 0.25) is 0 Å². The van der Waals surface area contributed by atoms with E-state index in [-0.39, 0.29) is 11.9 Å². The second kappa shape index (κ2) is 6.84. The van der Waals surface area contributed by atoms with Gasteiger partial charge in [-0.15, -0.1) is 22.7 Å². The minimum absolute atomic E-state index is 0.169. The van der Waals surface area contributed by atoms with Gasteiger partial charge in [-0.1, -0.05) is 13.0 Å². The Balaban J connectivity index is 1.95. The molecule has 0 bridgehead atoms. The molecule has 0 aliphatic heterocycles. The summed E-state index contributed by atoms with van der Waals surface area (Å²) in [6.45, 7) is 4.34. The third-order valence-electron chi connectivity index (χ3n) is 3.96. The van der Waals surface area contributed by atoms with E-state index in [0.29, 0.717) is 28.0 Å². The summed E-state index contributed by atoms with van der Waals surface area (Å²) < 4.78 is 5.21. The molecule has 0 radical (unpaired) electrons. The van der Waals surface area contributed by atoms with Crippen molar-refractivity contribution < 1.29 is 14.3 Å². The van der Waals surface area contributed by atoms with Gasteiger partial charge in [0.15, 0.2) is 0 Å². The van der Waals surface area contributed by atoms with Crippen molar-refractivity contribution in [1.82, 2.24) is 0 Å². The first-order valence-electron chi connectivity index (χ1n) is 7.76. The first-order chi connectivity index (χ1) is 11.1. The van der Waals surface area contributed by atoms with Crippen LogP contribution in [0.3, 0.4) is 0 Å². The molecule has 0 aromatic carbocycles. The van der Waals surface area contributed by atoms with Gasteiger partial charge in [-0.3, -0.25) is 4.79 Å². The van der Waals surface area contributed by atoms with Crippen molar-refractivity contribution in [3.8, 4) is 0 Å². The van der Waals surface area contributed by atoms with Crippen LogP contribution in [-0.4, -0.2) is 18.5 Å². The zero-order chi connectivity index (χ0) is 16.4. The lowest BCUT2D eigenvalue weighted by Gasteiger charge is -2.18. The van der Waals surface area contributed by atoms with E-state index >= 15 is 0 Å². The molecule has 1 amide bonds. The summed E-state index contributed by atoms with van der Waals surface area (Å²) in [6.07, 6.45) is 2.89. The fraction of sp³-hybridized carbons (Fsp3) is 0.412. The molecule has 2 heterocycles. The number of rotatable bonds is 4. The Morgan fingerprint density at radius 2 is 2.26 bits per heavy atom.